The number of ether oxygens (including phenoxy) is 1. The molecular formula is C39H26N2O2. The number of nitrogens with zero attached hydrogens (tertiary/aromatic N) is 2. The van der Waals surface area contributed by atoms with Crippen LogP contribution in [0.15, 0.2) is 125 Å². The van der Waals surface area contributed by atoms with Crippen molar-refractivity contribution in [3.63, 3.8) is 0 Å². The molecule has 0 radical (unpaired) electrons. The summed E-state index contributed by atoms with van der Waals surface area (Å²) < 4.78 is 12.4. The van der Waals surface area contributed by atoms with E-state index >= 15 is 0 Å². The van der Waals surface area contributed by atoms with E-state index in [0.29, 0.717) is 18.8 Å². The summed E-state index contributed by atoms with van der Waals surface area (Å²) in [7, 11) is 0. The molecule has 0 bridgehead atoms. The highest BCUT2D eigenvalue weighted by Gasteiger charge is 2.35. The Hall–Kier alpha value is -5.37. The van der Waals surface area contributed by atoms with E-state index in [1.807, 2.05) is 18.2 Å². The second kappa shape index (κ2) is 9.32. The van der Waals surface area contributed by atoms with Crippen molar-refractivity contribution < 1.29 is 9.15 Å². The number of furan rings is 1. The van der Waals surface area contributed by atoms with Crippen LogP contribution in [0.3, 0.4) is 0 Å². The Morgan fingerprint density at radius 1 is 0.744 bits per heavy atom. The summed E-state index contributed by atoms with van der Waals surface area (Å²) in [5.41, 5.74) is 14.3. The summed E-state index contributed by atoms with van der Waals surface area (Å²) in [5, 5.41) is 11.8. The van der Waals surface area contributed by atoms with Gasteiger partial charge in [-0.05, 0) is 106 Å². The molecule has 1 atom stereocenters. The molecule has 1 aliphatic carbocycles. The van der Waals surface area contributed by atoms with Crippen molar-refractivity contribution in [2.45, 2.75) is 25.6 Å². The second-order valence-electron chi connectivity index (χ2n) is 11.5. The highest BCUT2D eigenvalue weighted by Crippen LogP contribution is 2.51. The highest BCUT2D eigenvalue weighted by atomic mass is 16.5. The SMILES string of the molecule is N#Cc1ccc2c(c1)C1CC=CC=C1N2c1ccc2c(c1)COCc1ccc(-c3ccc4c(c3)oc3ccccc34)cc1-2. The largest absolute Gasteiger partial charge is 0.456 e. The molecule has 0 amide bonds. The standard InChI is InChI=1S/C39H26N2O2/c40-21-24-9-16-37-35(17-24)31-5-1-3-7-36(31)41(37)29-13-15-30-28(18-29)23-42-22-27-11-10-25(19-34(27)30)26-12-14-33-32-6-2-4-8-38(32)43-39(33)20-26/h1-4,6-20,31H,5,22-23H2. The lowest BCUT2D eigenvalue weighted by atomic mass is 9.91. The molecule has 0 saturated heterocycles. The minimum atomic E-state index is 0.260. The van der Waals surface area contributed by atoms with Crippen molar-refractivity contribution in [3.05, 3.63) is 143 Å². The van der Waals surface area contributed by atoms with Crippen LogP contribution in [0, 0.1) is 11.3 Å². The van der Waals surface area contributed by atoms with Crippen molar-refractivity contribution in [2.75, 3.05) is 4.90 Å². The van der Waals surface area contributed by atoms with Crippen molar-refractivity contribution in [1.82, 2.24) is 0 Å². The lowest BCUT2D eigenvalue weighted by molar-refractivity contribution is 0.110. The maximum atomic E-state index is 9.55. The molecule has 1 unspecified atom stereocenters. The van der Waals surface area contributed by atoms with E-state index in [-0.39, 0.29) is 5.92 Å². The molecule has 5 aromatic carbocycles. The maximum absolute atomic E-state index is 9.55. The van der Waals surface area contributed by atoms with Crippen LogP contribution in [0.25, 0.3) is 44.2 Å². The molecule has 3 heterocycles. The van der Waals surface area contributed by atoms with Crippen molar-refractivity contribution in [3.8, 4) is 28.3 Å². The Balaban J connectivity index is 1.14. The fourth-order valence-corrected chi connectivity index (χ4v) is 7.08. The van der Waals surface area contributed by atoms with Crippen molar-refractivity contribution in [2.24, 2.45) is 0 Å². The smallest absolute Gasteiger partial charge is 0.136 e. The Morgan fingerprint density at radius 3 is 2.56 bits per heavy atom. The third kappa shape index (κ3) is 3.72. The first-order valence-corrected chi connectivity index (χ1v) is 14.7. The number of hydrogen-bond acceptors (Lipinski definition) is 4. The first-order chi connectivity index (χ1) is 21.2. The molecule has 3 aliphatic rings. The molecule has 0 spiro atoms. The van der Waals surface area contributed by atoms with Crippen LogP contribution < -0.4 is 4.90 Å². The number of nitriles is 1. The molecule has 4 nitrogen and oxygen atoms in total. The molecule has 43 heavy (non-hydrogen) atoms. The quantitative estimate of drug-likeness (QED) is 0.214. The molecule has 0 N–H and O–H groups in total. The van der Waals surface area contributed by atoms with E-state index in [1.54, 1.807) is 0 Å². The molecule has 204 valence electrons. The number of benzene rings is 5. The minimum Gasteiger partial charge on any atom is -0.456 e. The summed E-state index contributed by atoms with van der Waals surface area (Å²) in [5.74, 6) is 0.260. The number of fused-ring (bicyclic) bond motifs is 9. The van der Waals surface area contributed by atoms with Gasteiger partial charge < -0.3 is 14.1 Å². The molecule has 4 heteroatoms. The molecule has 0 saturated carbocycles. The summed E-state index contributed by atoms with van der Waals surface area (Å²) >= 11 is 0. The number of para-hydroxylation sites is 1. The van der Waals surface area contributed by atoms with Gasteiger partial charge in [0.25, 0.3) is 0 Å². The van der Waals surface area contributed by atoms with Crippen molar-refractivity contribution >= 4 is 33.3 Å². The Labute approximate surface area is 249 Å². The second-order valence-corrected chi connectivity index (χ2v) is 11.5. The Kier molecular flexibility index (Phi) is 5.26. The predicted molar refractivity (Wildman–Crippen MR) is 171 cm³/mol. The molecule has 1 aromatic heterocycles. The van der Waals surface area contributed by atoms with E-state index in [4.69, 9.17) is 9.15 Å². The zero-order chi connectivity index (χ0) is 28.5. The van der Waals surface area contributed by atoms with Crippen LogP contribution in [-0.2, 0) is 18.0 Å². The van der Waals surface area contributed by atoms with Gasteiger partial charge in [-0.2, -0.15) is 5.26 Å². The Morgan fingerprint density at radius 2 is 1.60 bits per heavy atom. The van der Waals surface area contributed by atoms with Gasteiger partial charge in [0.05, 0.1) is 24.8 Å². The predicted octanol–water partition coefficient (Wildman–Crippen LogP) is 9.90. The number of anilines is 2. The van der Waals surface area contributed by atoms with Gasteiger partial charge in [0.2, 0.25) is 0 Å². The van der Waals surface area contributed by atoms with E-state index in [2.05, 4.69) is 108 Å². The van der Waals surface area contributed by atoms with E-state index < -0.39 is 0 Å². The summed E-state index contributed by atoms with van der Waals surface area (Å²) in [6.45, 7) is 1.12. The zero-order valence-corrected chi connectivity index (χ0v) is 23.4. The molecular weight excluding hydrogens is 528 g/mol. The fourth-order valence-electron chi connectivity index (χ4n) is 7.08. The summed E-state index contributed by atoms with van der Waals surface area (Å²) in [6, 6.07) is 36.5. The third-order valence-corrected chi connectivity index (χ3v) is 9.14. The highest BCUT2D eigenvalue weighted by molar-refractivity contribution is 6.06. The lowest BCUT2D eigenvalue weighted by Gasteiger charge is -2.25. The van der Waals surface area contributed by atoms with Crippen LogP contribution in [-0.4, -0.2) is 0 Å². The van der Waals surface area contributed by atoms with Crippen LogP contribution in [0.4, 0.5) is 11.4 Å². The van der Waals surface area contributed by atoms with Crippen LogP contribution in [0.1, 0.15) is 34.6 Å². The van der Waals surface area contributed by atoms with Gasteiger partial charge >= 0.3 is 0 Å². The number of rotatable bonds is 2. The normalized spacial score (nSPS) is 16.7. The topological polar surface area (TPSA) is 49.4 Å². The molecule has 9 rings (SSSR count). The van der Waals surface area contributed by atoms with Crippen LogP contribution >= 0.6 is 0 Å². The van der Waals surface area contributed by atoms with E-state index in [0.717, 1.165) is 50.9 Å². The first-order valence-electron chi connectivity index (χ1n) is 14.7. The molecule has 6 aromatic rings. The Bertz CT molecular complexity index is 2230. The van der Waals surface area contributed by atoms with Gasteiger partial charge in [-0.15, -0.1) is 0 Å². The van der Waals surface area contributed by atoms with Gasteiger partial charge in [0.1, 0.15) is 11.2 Å². The molecule has 0 fully saturated rings. The third-order valence-electron chi connectivity index (χ3n) is 9.14. The van der Waals surface area contributed by atoms with Crippen LogP contribution in [0.2, 0.25) is 0 Å². The zero-order valence-electron chi connectivity index (χ0n) is 23.4. The van der Waals surface area contributed by atoms with Gasteiger partial charge in [0, 0.05) is 33.8 Å². The van der Waals surface area contributed by atoms with Gasteiger partial charge in [0.15, 0.2) is 0 Å². The summed E-state index contributed by atoms with van der Waals surface area (Å²) in [6.07, 6.45) is 7.51. The first kappa shape index (κ1) is 24.2. The monoisotopic (exact) mass is 554 g/mol. The van der Waals surface area contributed by atoms with Gasteiger partial charge in [-0.3, -0.25) is 0 Å². The fraction of sp³-hybridized carbons (Fsp3) is 0.103. The maximum Gasteiger partial charge on any atom is 0.136 e. The lowest BCUT2D eigenvalue weighted by Crippen LogP contribution is -2.15. The average Bonchev–Trinajstić information content (AvgIpc) is 3.53. The van der Waals surface area contributed by atoms with Gasteiger partial charge in [-0.1, -0.05) is 54.6 Å². The van der Waals surface area contributed by atoms with Crippen molar-refractivity contribution in [1.29, 1.82) is 5.26 Å². The van der Waals surface area contributed by atoms with E-state index in [9.17, 15) is 5.26 Å². The number of allylic oxidation sites excluding steroid dienone is 4. The average molecular weight is 555 g/mol. The van der Waals surface area contributed by atoms with Gasteiger partial charge in [-0.25, -0.2) is 0 Å². The van der Waals surface area contributed by atoms with E-state index in [1.165, 1.54) is 33.5 Å². The van der Waals surface area contributed by atoms with Crippen LogP contribution in [0.5, 0.6) is 0 Å². The minimum absolute atomic E-state index is 0.260. The summed E-state index contributed by atoms with van der Waals surface area (Å²) in [4.78, 5) is 2.36. The number of hydrogen-bond donors (Lipinski definition) is 0. The molecule has 2 aliphatic heterocycles.